The van der Waals surface area contributed by atoms with Gasteiger partial charge in [0.2, 0.25) is 15.9 Å². The molecule has 0 unspecified atom stereocenters. The number of sulfonamides is 1. The largest absolute Gasteiger partial charge is 0.322 e. The molecule has 0 fully saturated rings. The molecule has 1 heterocycles. The number of hydrogen-bond acceptors (Lipinski definition) is 4. The van der Waals surface area contributed by atoms with Crippen molar-refractivity contribution in [2.45, 2.75) is 4.90 Å². The molecule has 2 rings (SSSR count). The number of nitrogens with one attached hydrogen (secondary N) is 1. The highest BCUT2D eigenvalue weighted by atomic mass is 32.2. The maximum Gasteiger partial charge on any atom is 0.248 e. The summed E-state index contributed by atoms with van der Waals surface area (Å²) in [6, 6.07) is 8.07. The Morgan fingerprint density at radius 1 is 1.27 bits per heavy atom. The summed E-state index contributed by atoms with van der Waals surface area (Å²) in [6.07, 6.45) is 3.11. The summed E-state index contributed by atoms with van der Waals surface area (Å²) in [5.74, 6) is -0.314. The first-order valence-electron chi connectivity index (χ1n) is 6.43. The van der Waals surface area contributed by atoms with Crippen LogP contribution in [0, 0.1) is 0 Å². The van der Waals surface area contributed by atoms with Crippen LogP contribution in [0.1, 0.15) is 5.56 Å². The van der Waals surface area contributed by atoms with Gasteiger partial charge in [-0.15, -0.1) is 0 Å². The first-order valence-corrected chi connectivity index (χ1v) is 8.82. The van der Waals surface area contributed by atoms with Gasteiger partial charge in [0.25, 0.3) is 0 Å². The summed E-state index contributed by atoms with van der Waals surface area (Å²) in [7, 11) is -0.593. The molecule has 0 aliphatic carbocycles. The number of thiophene rings is 1. The zero-order chi connectivity index (χ0) is 16.2. The second-order valence-electron chi connectivity index (χ2n) is 4.69. The number of amides is 1. The summed E-state index contributed by atoms with van der Waals surface area (Å²) < 4.78 is 25.2. The van der Waals surface area contributed by atoms with Crippen LogP contribution in [0.3, 0.4) is 0 Å². The zero-order valence-corrected chi connectivity index (χ0v) is 13.8. The van der Waals surface area contributed by atoms with Crippen molar-refractivity contribution < 1.29 is 13.2 Å². The van der Waals surface area contributed by atoms with E-state index in [2.05, 4.69) is 5.32 Å². The van der Waals surface area contributed by atoms with Crippen molar-refractivity contribution in [2.24, 2.45) is 0 Å². The zero-order valence-electron chi connectivity index (χ0n) is 12.2. The number of carbonyl (C=O) groups excluding carboxylic acids is 1. The Labute approximate surface area is 133 Å². The van der Waals surface area contributed by atoms with E-state index in [1.807, 2.05) is 16.8 Å². The van der Waals surface area contributed by atoms with Crippen molar-refractivity contribution in [1.29, 1.82) is 0 Å². The number of benzene rings is 1. The van der Waals surface area contributed by atoms with Gasteiger partial charge in [0.05, 0.1) is 4.90 Å². The van der Waals surface area contributed by atoms with Crippen LogP contribution in [-0.2, 0) is 14.8 Å². The molecule has 0 bridgehead atoms. The van der Waals surface area contributed by atoms with E-state index >= 15 is 0 Å². The molecule has 0 saturated carbocycles. The van der Waals surface area contributed by atoms with Crippen molar-refractivity contribution in [3.05, 3.63) is 52.7 Å². The number of rotatable bonds is 5. The fraction of sp³-hybridized carbons (Fsp3) is 0.133. The Balaban J connectivity index is 2.12. The van der Waals surface area contributed by atoms with E-state index in [0.29, 0.717) is 5.69 Å². The van der Waals surface area contributed by atoms with Crippen molar-refractivity contribution in [3.8, 4) is 0 Å². The maximum absolute atomic E-state index is 12.1. The Bertz CT molecular complexity index is 779. The predicted octanol–water partition coefficient (Wildman–Crippen LogP) is 2.65. The molecule has 0 radical (unpaired) electrons. The van der Waals surface area contributed by atoms with Gasteiger partial charge in [0, 0.05) is 25.9 Å². The van der Waals surface area contributed by atoms with E-state index in [1.165, 1.54) is 32.3 Å². The predicted molar refractivity (Wildman–Crippen MR) is 89.3 cm³/mol. The summed E-state index contributed by atoms with van der Waals surface area (Å²) in [5.41, 5.74) is 1.38. The highest BCUT2D eigenvalue weighted by molar-refractivity contribution is 7.89. The van der Waals surface area contributed by atoms with Crippen LogP contribution >= 0.6 is 11.3 Å². The average Bonchev–Trinajstić information content (AvgIpc) is 2.98. The molecule has 1 amide bonds. The molecular weight excluding hydrogens is 320 g/mol. The van der Waals surface area contributed by atoms with Crippen LogP contribution in [-0.4, -0.2) is 32.7 Å². The Morgan fingerprint density at radius 3 is 2.68 bits per heavy atom. The first-order chi connectivity index (χ1) is 10.4. The fourth-order valence-corrected chi connectivity index (χ4v) is 3.25. The maximum atomic E-state index is 12.1. The second-order valence-corrected chi connectivity index (χ2v) is 7.63. The third kappa shape index (κ3) is 4.03. The van der Waals surface area contributed by atoms with Gasteiger partial charge >= 0.3 is 0 Å². The quantitative estimate of drug-likeness (QED) is 0.854. The van der Waals surface area contributed by atoms with Crippen molar-refractivity contribution >= 4 is 39.0 Å². The molecule has 0 aliphatic heterocycles. The van der Waals surface area contributed by atoms with Gasteiger partial charge in [-0.3, -0.25) is 4.79 Å². The minimum absolute atomic E-state index is 0.136. The van der Waals surface area contributed by atoms with Gasteiger partial charge in [-0.25, -0.2) is 12.7 Å². The third-order valence-corrected chi connectivity index (χ3v) is 5.36. The van der Waals surface area contributed by atoms with Crippen LogP contribution in [0.15, 0.2) is 52.1 Å². The van der Waals surface area contributed by atoms with Gasteiger partial charge in [-0.2, -0.15) is 11.3 Å². The molecule has 1 aromatic heterocycles. The lowest BCUT2D eigenvalue weighted by atomic mass is 10.3. The molecule has 7 heteroatoms. The lowest BCUT2D eigenvalue weighted by Gasteiger charge is -2.12. The number of nitrogens with zero attached hydrogens (tertiary/aromatic N) is 1. The van der Waals surface area contributed by atoms with Gasteiger partial charge < -0.3 is 5.32 Å². The van der Waals surface area contributed by atoms with Gasteiger partial charge in [-0.05, 0) is 46.7 Å². The van der Waals surface area contributed by atoms with E-state index in [9.17, 15) is 13.2 Å². The summed E-state index contributed by atoms with van der Waals surface area (Å²) >= 11 is 1.55. The minimum atomic E-state index is -3.52. The average molecular weight is 336 g/mol. The highest BCUT2D eigenvalue weighted by Gasteiger charge is 2.17. The monoisotopic (exact) mass is 336 g/mol. The van der Waals surface area contributed by atoms with Gasteiger partial charge in [0.1, 0.15) is 0 Å². The standard InChI is InChI=1S/C15H16N2O3S2/c1-17(2)22(19,20)14-5-3-4-13(10-14)16-15(18)7-6-12-8-9-21-11-12/h3-11H,1-2H3,(H,16,18). The van der Waals surface area contributed by atoms with E-state index in [4.69, 9.17) is 0 Å². The van der Waals surface area contributed by atoms with Crippen molar-refractivity contribution in [3.63, 3.8) is 0 Å². The lowest BCUT2D eigenvalue weighted by Crippen LogP contribution is -2.22. The van der Waals surface area contributed by atoms with Gasteiger partial charge in [-0.1, -0.05) is 6.07 Å². The SMILES string of the molecule is CN(C)S(=O)(=O)c1cccc(NC(=O)C=Cc2ccsc2)c1. The van der Waals surface area contributed by atoms with Crippen molar-refractivity contribution in [1.82, 2.24) is 4.31 Å². The van der Waals surface area contributed by atoms with E-state index < -0.39 is 10.0 Å². The number of carbonyl (C=O) groups is 1. The normalized spacial score (nSPS) is 12.0. The number of hydrogen-bond donors (Lipinski definition) is 1. The molecule has 1 N–H and O–H groups in total. The van der Waals surface area contributed by atoms with Crippen LogP contribution in [0.25, 0.3) is 6.08 Å². The summed E-state index contributed by atoms with van der Waals surface area (Å²) in [4.78, 5) is 12.0. The van der Waals surface area contributed by atoms with Gasteiger partial charge in [0.15, 0.2) is 0 Å². The third-order valence-electron chi connectivity index (χ3n) is 2.85. The van der Waals surface area contributed by atoms with Crippen LogP contribution in [0.2, 0.25) is 0 Å². The molecule has 5 nitrogen and oxygen atoms in total. The molecule has 0 aliphatic rings. The Morgan fingerprint density at radius 2 is 2.05 bits per heavy atom. The molecule has 0 saturated heterocycles. The lowest BCUT2D eigenvalue weighted by molar-refractivity contribution is -0.111. The number of anilines is 1. The van der Waals surface area contributed by atoms with Crippen LogP contribution in [0.4, 0.5) is 5.69 Å². The van der Waals surface area contributed by atoms with Crippen LogP contribution < -0.4 is 5.32 Å². The summed E-state index contributed by atoms with van der Waals surface area (Å²) in [5, 5.41) is 6.50. The van der Waals surface area contributed by atoms with Crippen molar-refractivity contribution in [2.75, 3.05) is 19.4 Å². The fourth-order valence-electron chi connectivity index (χ4n) is 1.67. The molecule has 22 heavy (non-hydrogen) atoms. The van der Waals surface area contributed by atoms with Crippen LogP contribution in [0.5, 0.6) is 0 Å². The molecule has 0 spiro atoms. The molecule has 116 valence electrons. The highest BCUT2D eigenvalue weighted by Crippen LogP contribution is 2.18. The van der Waals surface area contributed by atoms with E-state index in [-0.39, 0.29) is 10.8 Å². The molecule has 2 aromatic rings. The topological polar surface area (TPSA) is 66.5 Å². The van der Waals surface area contributed by atoms with E-state index in [1.54, 1.807) is 29.5 Å². The first kappa shape index (κ1) is 16.4. The Kier molecular flexibility index (Phi) is 5.12. The minimum Gasteiger partial charge on any atom is -0.322 e. The molecule has 1 aromatic carbocycles. The Hall–Kier alpha value is -1.96. The second kappa shape index (κ2) is 6.87. The summed E-state index contributed by atoms with van der Waals surface area (Å²) in [6.45, 7) is 0. The smallest absolute Gasteiger partial charge is 0.248 e. The van der Waals surface area contributed by atoms with E-state index in [0.717, 1.165) is 9.87 Å². The molecule has 0 atom stereocenters. The molecular formula is C15H16N2O3S2.